The Hall–Kier alpha value is -3.41. The van der Waals surface area contributed by atoms with Crippen LogP contribution in [-0.2, 0) is 12.8 Å². The molecule has 0 bridgehead atoms. The SMILES string of the molecule is COc1ccc(CCNc2ncc(C(=O)N3c4ccccc4CC3C)cn2)cc1. The third-order valence-corrected chi connectivity index (χ3v) is 5.18. The van der Waals surface area contributed by atoms with E-state index in [4.69, 9.17) is 4.74 Å². The highest BCUT2D eigenvalue weighted by molar-refractivity contribution is 6.07. The van der Waals surface area contributed by atoms with Crippen LogP contribution in [0.2, 0.25) is 0 Å². The molecule has 1 aliphatic rings. The number of rotatable bonds is 6. The zero-order chi connectivity index (χ0) is 20.2. The second-order valence-corrected chi connectivity index (χ2v) is 7.18. The van der Waals surface area contributed by atoms with Crippen molar-refractivity contribution in [3.05, 3.63) is 77.6 Å². The van der Waals surface area contributed by atoms with Gasteiger partial charge in [0, 0.05) is 30.7 Å². The molecule has 0 spiro atoms. The summed E-state index contributed by atoms with van der Waals surface area (Å²) < 4.78 is 5.17. The third-order valence-electron chi connectivity index (χ3n) is 5.18. The van der Waals surface area contributed by atoms with E-state index in [9.17, 15) is 4.79 Å². The minimum atomic E-state index is -0.0627. The van der Waals surface area contributed by atoms with Gasteiger partial charge in [-0.2, -0.15) is 0 Å². The maximum Gasteiger partial charge on any atom is 0.261 e. The van der Waals surface area contributed by atoms with Gasteiger partial charge in [0.2, 0.25) is 5.95 Å². The van der Waals surface area contributed by atoms with Crippen LogP contribution in [0.15, 0.2) is 60.9 Å². The first-order chi connectivity index (χ1) is 14.2. The fourth-order valence-corrected chi connectivity index (χ4v) is 3.65. The van der Waals surface area contributed by atoms with Crippen LogP contribution < -0.4 is 15.0 Å². The van der Waals surface area contributed by atoms with Crippen LogP contribution in [0, 0.1) is 0 Å². The summed E-state index contributed by atoms with van der Waals surface area (Å²) in [5, 5.41) is 3.20. The minimum Gasteiger partial charge on any atom is -0.497 e. The first-order valence-electron chi connectivity index (χ1n) is 9.76. The number of carbonyl (C=O) groups excluding carboxylic acids is 1. The molecule has 0 fully saturated rings. The van der Waals surface area contributed by atoms with Gasteiger partial charge >= 0.3 is 0 Å². The number of aromatic nitrogens is 2. The summed E-state index contributed by atoms with van der Waals surface area (Å²) >= 11 is 0. The van der Waals surface area contributed by atoms with Crippen LogP contribution in [0.3, 0.4) is 0 Å². The maximum absolute atomic E-state index is 13.0. The van der Waals surface area contributed by atoms with E-state index in [1.807, 2.05) is 47.4 Å². The number of amides is 1. The normalized spacial score (nSPS) is 15.1. The van der Waals surface area contributed by atoms with E-state index in [0.717, 1.165) is 24.3 Å². The van der Waals surface area contributed by atoms with Gasteiger partial charge in [-0.3, -0.25) is 4.79 Å². The lowest BCUT2D eigenvalue weighted by Crippen LogP contribution is -2.35. The van der Waals surface area contributed by atoms with E-state index in [0.29, 0.717) is 18.1 Å². The first-order valence-corrected chi connectivity index (χ1v) is 9.76. The van der Waals surface area contributed by atoms with Gasteiger partial charge in [0.15, 0.2) is 0 Å². The average molecular weight is 388 g/mol. The van der Waals surface area contributed by atoms with E-state index in [2.05, 4.69) is 28.3 Å². The van der Waals surface area contributed by atoms with Gasteiger partial charge < -0.3 is 15.0 Å². The molecule has 6 heteroatoms. The van der Waals surface area contributed by atoms with Crippen LogP contribution in [0.5, 0.6) is 5.75 Å². The highest BCUT2D eigenvalue weighted by atomic mass is 16.5. The predicted molar refractivity (Wildman–Crippen MR) is 114 cm³/mol. The Morgan fingerprint density at radius 1 is 1.14 bits per heavy atom. The second-order valence-electron chi connectivity index (χ2n) is 7.18. The van der Waals surface area contributed by atoms with Crippen LogP contribution in [0.1, 0.15) is 28.4 Å². The second kappa shape index (κ2) is 8.31. The number of fused-ring (bicyclic) bond motifs is 1. The number of carbonyl (C=O) groups is 1. The average Bonchev–Trinajstić information content (AvgIpc) is 3.10. The lowest BCUT2D eigenvalue weighted by Gasteiger charge is -2.22. The Kier molecular flexibility index (Phi) is 5.42. The number of ether oxygens (including phenoxy) is 1. The van der Waals surface area contributed by atoms with Gasteiger partial charge in [-0.15, -0.1) is 0 Å². The van der Waals surface area contributed by atoms with E-state index in [1.165, 1.54) is 11.1 Å². The van der Waals surface area contributed by atoms with Gasteiger partial charge in [0.1, 0.15) is 5.75 Å². The van der Waals surface area contributed by atoms with Crippen LogP contribution in [-0.4, -0.2) is 35.6 Å². The zero-order valence-corrected chi connectivity index (χ0v) is 16.6. The molecule has 3 aromatic rings. The molecule has 2 aromatic carbocycles. The van der Waals surface area contributed by atoms with Gasteiger partial charge in [-0.25, -0.2) is 9.97 Å². The van der Waals surface area contributed by atoms with Crippen molar-refractivity contribution in [3.63, 3.8) is 0 Å². The quantitative estimate of drug-likeness (QED) is 0.697. The van der Waals surface area contributed by atoms with Crippen LogP contribution >= 0.6 is 0 Å². The number of anilines is 2. The molecule has 1 N–H and O–H groups in total. The van der Waals surface area contributed by atoms with Crippen molar-refractivity contribution in [3.8, 4) is 5.75 Å². The lowest BCUT2D eigenvalue weighted by molar-refractivity contribution is 0.0981. The maximum atomic E-state index is 13.0. The van der Waals surface area contributed by atoms with Gasteiger partial charge in [-0.1, -0.05) is 30.3 Å². The standard InChI is InChI=1S/C23H24N4O2/c1-16-13-18-5-3-4-6-21(18)27(16)22(28)19-14-25-23(26-15-19)24-12-11-17-7-9-20(29-2)10-8-17/h3-10,14-16H,11-13H2,1-2H3,(H,24,25,26). The molecular weight excluding hydrogens is 364 g/mol. The molecule has 148 valence electrons. The van der Waals surface area contributed by atoms with Crippen LogP contribution in [0.25, 0.3) is 0 Å². The van der Waals surface area contributed by atoms with E-state index in [1.54, 1.807) is 19.5 Å². The Balaban J connectivity index is 1.37. The van der Waals surface area contributed by atoms with Crippen molar-refractivity contribution in [1.82, 2.24) is 9.97 Å². The Morgan fingerprint density at radius 3 is 2.59 bits per heavy atom. The molecule has 4 rings (SSSR count). The summed E-state index contributed by atoms with van der Waals surface area (Å²) in [6.45, 7) is 2.77. The number of benzene rings is 2. The predicted octanol–water partition coefficient (Wildman–Crippen LogP) is 3.73. The highest BCUT2D eigenvalue weighted by Crippen LogP contribution is 2.32. The molecule has 0 aliphatic carbocycles. The molecule has 0 saturated heterocycles. The molecule has 29 heavy (non-hydrogen) atoms. The van der Waals surface area contributed by atoms with Crippen molar-refractivity contribution in [1.29, 1.82) is 0 Å². The van der Waals surface area contributed by atoms with Crippen molar-refractivity contribution < 1.29 is 9.53 Å². The Labute approximate surface area is 170 Å². The fraction of sp³-hybridized carbons (Fsp3) is 0.261. The lowest BCUT2D eigenvalue weighted by atomic mass is 10.1. The summed E-state index contributed by atoms with van der Waals surface area (Å²) in [5.41, 5.74) is 3.87. The molecule has 6 nitrogen and oxygen atoms in total. The molecule has 0 saturated carbocycles. The van der Waals surface area contributed by atoms with E-state index in [-0.39, 0.29) is 11.9 Å². The number of para-hydroxylation sites is 1. The smallest absolute Gasteiger partial charge is 0.261 e. The monoisotopic (exact) mass is 388 g/mol. The largest absolute Gasteiger partial charge is 0.497 e. The summed E-state index contributed by atoms with van der Waals surface area (Å²) in [4.78, 5) is 23.5. The van der Waals surface area contributed by atoms with Gasteiger partial charge in [-0.05, 0) is 49.1 Å². The highest BCUT2D eigenvalue weighted by Gasteiger charge is 2.31. The third kappa shape index (κ3) is 4.06. The van der Waals surface area contributed by atoms with Crippen LogP contribution in [0.4, 0.5) is 11.6 Å². The van der Waals surface area contributed by atoms with Crippen molar-refractivity contribution in [2.75, 3.05) is 23.9 Å². The fourth-order valence-electron chi connectivity index (χ4n) is 3.65. The van der Waals surface area contributed by atoms with Crippen molar-refractivity contribution >= 4 is 17.5 Å². The number of nitrogens with zero attached hydrogens (tertiary/aromatic N) is 3. The number of methoxy groups -OCH3 is 1. The topological polar surface area (TPSA) is 67.3 Å². The zero-order valence-electron chi connectivity index (χ0n) is 16.6. The first kappa shape index (κ1) is 18.9. The number of hydrogen-bond donors (Lipinski definition) is 1. The van der Waals surface area contributed by atoms with Crippen molar-refractivity contribution in [2.45, 2.75) is 25.8 Å². The van der Waals surface area contributed by atoms with E-state index < -0.39 is 0 Å². The number of hydrogen-bond acceptors (Lipinski definition) is 5. The molecule has 0 radical (unpaired) electrons. The molecule has 1 atom stereocenters. The minimum absolute atomic E-state index is 0.0627. The molecule has 1 unspecified atom stereocenters. The van der Waals surface area contributed by atoms with E-state index >= 15 is 0 Å². The summed E-state index contributed by atoms with van der Waals surface area (Å²) in [6, 6.07) is 16.1. The molecule has 1 aromatic heterocycles. The van der Waals surface area contributed by atoms with Gasteiger partial charge in [0.25, 0.3) is 5.91 Å². The molecule has 1 amide bonds. The molecular formula is C23H24N4O2. The summed E-state index contributed by atoms with van der Waals surface area (Å²) in [7, 11) is 1.66. The molecule has 1 aliphatic heterocycles. The molecule has 2 heterocycles. The van der Waals surface area contributed by atoms with Crippen molar-refractivity contribution in [2.24, 2.45) is 0 Å². The summed E-state index contributed by atoms with van der Waals surface area (Å²) in [6.07, 6.45) is 4.90. The summed E-state index contributed by atoms with van der Waals surface area (Å²) in [5.74, 6) is 1.30. The Morgan fingerprint density at radius 2 is 1.86 bits per heavy atom. The number of nitrogens with one attached hydrogen (secondary N) is 1. The van der Waals surface area contributed by atoms with Gasteiger partial charge in [0.05, 0.1) is 12.7 Å². The Bertz CT molecular complexity index is 987.